The molecule has 2 N–H and O–H groups in total. The number of isothiocyanates is 1. The van der Waals surface area contributed by atoms with E-state index in [1.54, 1.807) is 0 Å². The first-order chi connectivity index (χ1) is 3.41. The fraction of sp³-hybridized carbons (Fsp3) is 0.750. The number of nitrogens with zero attached hydrogens (tertiary/aromatic N) is 1. The second-order valence-corrected chi connectivity index (χ2v) is 1.30. The van der Waals surface area contributed by atoms with Crippen LogP contribution in [0.4, 0.5) is 0 Å². The Morgan fingerprint density at radius 1 is 1.71 bits per heavy atom. The zero-order chi connectivity index (χ0) is 5.54. The summed E-state index contributed by atoms with van der Waals surface area (Å²) in [6.07, 6.45) is 0.906. The van der Waals surface area contributed by atoms with E-state index in [1.165, 1.54) is 0 Å². The van der Waals surface area contributed by atoms with Gasteiger partial charge < -0.3 is 5.73 Å². The van der Waals surface area contributed by atoms with Gasteiger partial charge in [0.05, 0.1) is 11.7 Å². The summed E-state index contributed by atoms with van der Waals surface area (Å²) in [5.74, 6) is 0. The molecule has 0 aliphatic heterocycles. The minimum atomic E-state index is 0.681. The highest BCUT2D eigenvalue weighted by molar-refractivity contribution is 7.78. The van der Waals surface area contributed by atoms with Gasteiger partial charge in [-0.25, -0.2) is 4.99 Å². The van der Waals surface area contributed by atoms with E-state index in [0.717, 1.165) is 13.0 Å². The highest BCUT2D eigenvalue weighted by Crippen LogP contribution is 1.72. The molecule has 40 valence electrons. The highest BCUT2D eigenvalue weighted by atomic mass is 32.1. The first-order valence-electron chi connectivity index (χ1n) is 2.15. The van der Waals surface area contributed by atoms with E-state index >= 15 is 0 Å². The Labute approximate surface area is 48.4 Å². The molecular formula is C4H8N2S. The van der Waals surface area contributed by atoms with E-state index in [2.05, 4.69) is 22.4 Å². The number of nitrogens with two attached hydrogens (primary N) is 1. The summed E-state index contributed by atoms with van der Waals surface area (Å²) in [6.45, 7) is 1.40. The normalized spacial score (nSPS) is 7.57. The van der Waals surface area contributed by atoms with E-state index in [4.69, 9.17) is 5.73 Å². The Morgan fingerprint density at radius 2 is 2.43 bits per heavy atom. The van der Waals surface area contributed by atoms with Gasteiger partial charge in [-0.15, -0.1) is 0 Å². The molecule has 0 aliphatic rings. The van der Waals surface area contributed by atoms with E-state index in [-0.39, 0.29) is 0 Å². The van der Waals surface area contributed by atoms with Crippen molar-refractivity contribution >= 4 is 17.4 Å². The first kappa shape index (κ1) is 6.76. The lowest BCUT2D eigenvalue weighted by Gasteiger charge is -1.82. The molecule has 0 aromatic carbocycles. The van der Waals surface area contributed by atoms with Crippen molar-refractivity contribution in [3.8, 4) is 0 Å². The third kappa shape index (κ3) is 5.76. The lowest BCUT2D eigenvalue weighted by Crippen LogP contribution is -1.99. The largest absolute Gasteiger partial charge is 0.330 e. The third-order valence-electron chi connectivity index (χ3n) is 0.539. The second kappa shape index (κ2) is 5.76. The van der Waals surface area contributed by atoms with Crippen molar-refractivity contribution in [2.45, 2.75) is 6.42 Å². The molecule has 0 bridgehead atoms. The van der Waals surface area contributed by atoms with Crippen LogP contribution in [0.15, 0.2) is 4.99 Å². The maximum absolute atomic E-state index is 5.15. The molecule has 0 heterocycles. The monoisotopic (exact) mass is 116 g/mol. The molecular weight excluding hydrogens is 108 g/mol. The summed E-state index contributed by atoms with van der Waals surface area (Å²) < 4.78 is 0. The van der Waals surface area contributed by atoms with Gasteiger partial charge >= 0.3 is 0 Å². The molecule has 0 fully saturated rings. The molecule has 0 aliphatic carbocycles. The molecule has 0 atom stereocenters. The molecule has 2 nitrogen and oxygen atoms in total. The summed E-state index contributed by atoms with van der Waals surface area (Å²) in [5, 5.41) is 2.26. The van der Waals surface area contributed by atoms with Crippen LogP contribution in [0.3, 0.4) is 0 Å². The number of rotatable bonds is 3. The summed E-state index contributed by atoms with van der Waals surface area (Å²) >= 11 is 4.31. The van der Waals surface area contributed by atoms with Crippen molar-refractivity contribution in [1.29, 1.82) is 0 Å². The summed E-state index contributed by atoms with van der Waals surface area (Å²) in [6, 6.07) is 0. The van der Waals surface area contributed by atoms with Crippen LogP contribution in [0.2, 0.25) is 0 Å². The van der Waals surface area contributed by atoms with Gasteiger partial charge in [0.2, 0.25) is 0 Å². The number of hydrogen-bond acceptors (Lipinski definition) is 3. The average molecular weight is 116 g/mol. The maximum Gasteiger partial charge on any atom is 0.0584 e. The number of hydrogen-bond donors (Lipinski definition) is 1. The first-order valence-corrected chi connectivity index (χ1v) is 2.56. The Morgan fingerprint density at radius 3 is 2.86 bits per heavy atom. The van der Waals surface area contributed by atoms with Crippen molar-refractivity contribution in [2.75, 3.05) is 13.1 Å². The van der Waals surface area contributed by atoms with Gasteiger partial charge in [-0.2, -0.15) is 0 Å². The summed E-state index contributed by atoms with van der Waals surface area (Å²) in [5.41, 5.74) is 5.15. The van der Waals surface area contributed by atoms with Crippen LogP contribution >= 0.6 is 12.2 Å². The van der Waals surface area contributed by atoms with E-state index in [0.29, 0.717) is 6.54 Å². The van der Waals surface area contributed by atoms with Crippen LogP contribution in [0.1, 0.15) is 6.42 Å². The number of thiocarbonyl (C=S) groups is 1. The van der Waals surface area contributed by atoms with Crippen molar-refractivity contribution in [3.63, 3.8) is 0 Å². The van der Waals surface area contributed by atoms with Crippen molar-refractivity contribution in [3.05, 3.63) is 0 Å². The molecule has 0 unspecified atom stereocenters. The highest BCUT2D eigenvalue weighted by Gasteiger charge is 1.73. The van der Waals surface area contributed by atoms with E-state index in [1.807, 2.05) is 0 Å². The fourth-order valence-electron chi connectivity index (χ4n) is 0.216. The quantitative estimate of drug-likeness (QED) is 0.330. The third-order valence-corrected chi connectivity index (χ3v) is 0.668. The van der Waals surface area contributed by atoms with E-state index < -0.39 is 0 Å². The molecule has 3 heteroatoms. The van der Waals surface area contributed by atoms with E-state index in [9.17, 15) is 0 Å². The average Bonchev–Trinajstić information content (AvgIpc) is 1.69. The predicted octanol–water partition coefficient (Wildman–Crippen LogP) is 0.438. The van der Waals surface area contributed by atoms with Crippen LogP contribution in [0, 0.1) is 0 Å². The SMILES string of the molecule is NCCCN=C=S. The molecule has 0 amide bonds. The molecule has 0 saturated carbocycles. The Bertz CT molecular complexity index is 75.8. The zero-order valence-corrected chi connectivity index (χ0v) is 4.87. The van der Waals surface area contributed by atoms with Crippen LogP contribution in [-0.2, 0) is 0 Å². The van der Waals surface area contributed by atoms with Crippen molar-refractivity contribution in [1.82, 2.24) is 0 Å². The minimum absolute atomic E-state index is 0.681. The Balaban J connectivity index is 2.83. The standard InChI is InChI=1S/C4H8N2S/c5-2-1-3-6-4-7/h1-3,5H2. The topological polar surface area (TPSA) is 38.4 Å². The zero-order valence-electron chi connectivity index (χ0n) is 4.05. The van der Waals surface area contributed by atoms with Crippen LogP contribution in [-0.4, -0.2) is 18.3 Å². The van der Waals surface area contributed by atoms with Gasteiger partial charge in [0, 0.05) is 0 Å². The van der Waals surface area contributed by atoms with Gasteiger partial charge in [-0.1, -0.05) is 0 Å². The lowest BCUT2D eigenvalue weighted by atomic mass is 10.4. The lowest BCUT2D eigenvalue weighted by molar-refractivity contribution is 0.849. The molecule has 0 saturated heterocycles. The maximum atomic E-state index is 5.15. The molecule has 7 heavy (non-hydrogen) atoms. The van der Waals surface area contributed by atoms with Crippen LogP contribution in [0.5, 0.6) is 0 Å². The van der Waals surface area contributed by atoms with Gasteiger partial charge in [-0.3, -0.25) is 0 Å². The molecule has 0 aromatic heterocycles. The molecule has 0 aromatic rings. The predicted molar refractivity (Wildman–Crippen MR) is 33.6 cm³/mol. The van der Waals surface area contributed by atoms with Crippen molar-refractivity contribution < 1.29 is 0 Å². The smallest absolute Gasteiger partial charge is 0.0584 e. The Hall–Kier alpha value is -0.240. The second-order valence-electron chi connectivity index (χ2n) is 1.12. The van der Waals surface area contributed by atoms with Crippen molar-refractivity contribution in [2.24, 2.45) is 10.7 Å². The van der Waals surface area contributed by atoms with Gasteiger partial charge in [-0.05, 0) is 25.2 Å². The van der Waals surface area contributed by atoms with Crippen LogP contribution in [0.25, 0.3) is 0 Å². The molecule has 0 spiro atoms. The molecule has 0 radical (unpaired) electrons. The fourth-order valence-corrected chi connectivity index (χ4v) is 0.307. The number of aliphatic imine (C=N–C) groups is 1. The summed E-state index contributed by atoms with van der Waals surface area (Å²) in [4.78, 5) is 3.65. The van der Waals surface area contributed by atoms with Gasteiger partial charge in [0.1, 0.15) is 0 Å². The Kier molecular flexibility index (Phi) is 5.56. The molecule has 0 rings (SSSR count). The summed E-state index contributed by atoms with van der Waals surface area (Å²) in [7, 11) is 0. The minimum Gasteiger partial charge on any atom is -0.330 e. The van der Waals surface area contributed by atoms with Crippen LogP contribution < -0.4 is 5.73 Å². The van der Waals surface area contributed by atoms with Gasteiger partial charge in [0.25, 0.3) is 0 Å². The van der Waals surface area contributed by atoms with Gasteiger partial charge in [0.15, 0.2) is 0 Å².